The molecule has 0 aliphatic rings. The van der Waals surface area contributed by atoms with E-state index < -0.39 is 18.3 Å². The molecule has 0 spiro atoms. The van der Waals surface area contributed by atoms with Gasteiger partial charge in [0.05, 0.1) is 24.1 Å². The number of nitrogens with one attached hydrogen (secondary N) is 1. The van der Waals surface area contributed by atoms with Crippen LogP contribution < -0.4 is 14.8 Å². The molecule has 1 heterocycles. The molecule has 182 valence electrons. The second kappa shape index (κ2) is 12.3. The van der Waals surface area contributed by atoms with Crippen LogP contribution >= 0.6 is 11.8 Å². The fourth-order valence-electron chi connectivity index (χ4n) is 3.05. The van der Waals surface area contributed by atoms with E-state index in [0.717, 1.165) is 11.8 Å². The molecule has 8 nitrogen and oxygen atoms in total. The number of para-hydroxylation sites is 3. The summed E-state index contributed by atoms with van der Waals surface area (Å²) in [4.78, 5) is 12.5. The first-order valence-electron chi connectivity index (χ1n) is 10.2. The summed E-state index contributed by atoms with van der Waals surface area (Å²) in [6.07, 6.45) is 0. The van der Waals surface area contributed by atoms with Gasteiger partial charge in [0.25, 0.3) is 0 Å². The molecule has 3 aromatic rings. The average molecular weight is 497 g/mol. The average Bonchev–Trinajstić information content (AvgIpc) is 3.21. The standard InChI is InChI=1S/C22H23F3N4O4S/c1-14(11-31-2)29-19(12-32-17-9-5-3-7-15(17)23)27-28-22(29)34-13-20(30)26-16-8-4-6-10-18(16)33-21(24)25/h3-10,14,21H,11-13H2,1-2H3,(H,26,30)/t14-/m0/s1. The van der Waals surface area contributed by atoms with Crippen molar-refractivity contribution in [2.24, 2.45) is 0 Å². The summed E-state index contributed by atoms with van der Waals surface area (Å²) in [5.74, 6) is -0.662. The molecule has 1 N–H and O–H groups in total. The number of halogens is 3. The third-order valence-corrected chi connectivity index (χ3v) is 5.43. The zero-order valence-electron chi connectivity index (χ0n) is 18.4. The van der Waals surface area contributed by atoms with Crippen molar-refractivity contribution in [3.63, 3.8) is 0 Å². The molecule has 1 amide bonds. The highest BCUT2D eigenvalue weighted by Gasteiger charge is 2.20. The second-order valence-corrected chi connectivity index (χ2v) is 7.95. The van der Waals surface area contributed by atoms with Gasteiger partial charge in [-0.1, -0.05) is 36.0 Å². The number of hydrogen-bond acceptors (Lipinski definition) is 7. The molecule has 34 heavy (non-hydrogen) atoms. The largest absolute Gasteiger partial charge is 0.483 e. The molecule has 0 aliphatic carbocycles. The van der Waals surface area contributed by atoms with Crippen LogP contribution in [0.25, 0.3) is 0 Å². The number of hydrogen-bond donors (Lipinski definition) is 1. The molecule has 0 unspecified atom stereocenters. The van der Waals surface area contributed by atoms with E-state index in [2.05, 4.69) is 20.3 Å². The van der Waals surface area contributed by atoms with Gasteiger partial charge in [0.2, 0.25) is 5.91 Å². The number of ether oxygens (including phenoxy) is 3. The Balaban J connectivity index is 1.69. The number of rotatable bonds is 12. The topological polar surface area (TPSA) is 87.5 Å². The highest BCUT2D eigenvalue weighted by molar-refractivity contribution is 7.99. The van der Waals surface area contributed by atoms with Crippen LogP contribution in [0, 0.1) is 5.82 Å². The molecule has 0 saturated carbocycles. The highest BCUT2D eigenvalue weighted by Crippen LogP contribution is 2.27. The Bertz CT molecular complexity index is 1100. The Hall–Kier alpha value is -3.25. The monoisotopic (exact) mass is 496 g/mol. The number of methoxy groups -OCH3 is 1. The normalized spacial score (nSPS) is 11.9. The van der Waals surface area contributed by atoms with E-state index in [9.17, 15) is 18.0 Å². The van der Waals surface area contributed by atoms with E-state index in [4.69, 9.17) is 9.47 Å². The van der Waals surface area contributed by atoms with E-state index in [0.29, 0.717) is 17.6 Å². The van der Waals surface area contributed by atoms with Crippen LogP contribution in [-0.4, -0.2) is 46.8 Å². The molecule has 1 aromatic heterocycles. The summed E-state index contributed by atoms with van der Waals surface area (Å²) >= 11 is 1.10. The molecule has 0 fully saturated rings. The van der Waals surface area contributed by atoms with Gasteiger partial charge in [0, 0.05) is 7.11 Å². The lowest BCUT2D eigenvalue weighted by atomic mass is 10.3. The Morgan fingerprint density at radius 2 is 1.82 bits per heavy atom. The third-order valence-electron chi connectivity index (χ3n) is 4.49. The van der Waals surface area contributed by atoms with Gasteiger partial charge < -0.3 is 19.5 Å². The molecule has 0 radical (unpaired) electrons. The van der Waals surface area contributed by atoms with E-state index in [1.807, 2.05) is 6.92 Å². The number of amides is 1. The second-order valence-electron chi connectivity index (χ2n) is 7.00. The fraction of sp³-hybridized carbons (Fsp3) is 0.318. The van der Waals surface area contributed by atoms with Gasteiger partial charge in [-0.25, -0.2) is 4.39 Å². The van der Waals surface area contributed by atoms with Crippen molar-refractivity contribution in [2.45, 2.75) is 31.3 Å². The number of benzene rings is 2. The van der Waals surface area contributed by atoms with Crippen LogP contribution in [0.1, 0.15) is 18.8 Å². The number of aromatic nitrogens is 3. The van der Waals surface area contributed by atoms with E-state index >= 15 is 0 Å². The molecular formula is C22H23F3N4O4S. The number of carbonyl (C=O) groups is 1. The molecule has 0 aliphatic heterocycles. The van der Waals surface area contributed by atoms with Gasteiger partial charge in [-0.15, -0.1) is 10.2 Å². The number of carbonyl (C=O) groups excluding carboxylic acids is 1. The Labute approximate surface area is 198 Å². The summed E-state index contributed by atoms with van der Waals surface area (Å²) in [6.45, 7) is -0.851. The maximum absolute atomic E-state index is 13.9. The van der Waals surface area contributed by atoms with Crippen LogP contribution in [0.15, 0.2) is 53.7 Å². The van der Waals surface area contributed by atoms with Crippen molar-refractivity contribution in [2.75, 3.05) is 24.8 Å². The summed E-state index contributed by atoms with van der Waals surface area (Å²) in [5.41, 5.74) is 0.126. The van der Waals surface area contributed by atoms with Gasteiger partial charge in [-0.2, -0.15) is 8.78 Å². The lowest BCUT2D eigenvalue weighted by Gasteiger charge is -2.17. The minimum atomic E-state index is -3.02. The van der Waals surface area contributed by atoms with E-state index in [-0.39, 0.29) is 35.6 Å². The first-order chi connectivity index (χ1) is 16.4. The minimum absolute atomic E-state index is 0.0485. The summed E-state index contributed by atoms with van der Waals surface area (Å²) in [7, 11) is 1.55. The predicted octanol–water partition coefficient (Wildman–Crippen LogP) is 4.54. The van der Waals surface area contributed by atoms with Gasteiger partial charge >= 0.3 is 6.61 Å². The fourth-order valence-corrected chi connectivity index (χ4v) is 3.91. The Morgan fingerprint density at radius 3 is 2.53 bits per heavy atom. The van der Waals surface area contributed by atoms with Gasteiger partial charge in [-0.05, 0) is 31.2 Å². The lowest BCUT2D eigenvalue weighted by Crippen LogP contribution is -2.18. The quantitative estimate of drug-likeness (QED) is 0.369. The molecule has 3 rings (SSSR count). The van der Waals surface area contributed by atoms with Gasteiger partial charge in [0.1, 0.15) is 12.4 Å². The molecule has 0 bridgehead atoms. The molecular weight excluding hydrogens is 473 g/mol. The van der Waals surface area contributed by atoms with Crippen molar-refractivity contribution in [1.82, 2.24) is 14.8 Å². The number of nitrogens with zero attached hydrogens (tertiary/aromatic N) is 3. The van der Waals surface area contributed by atoms with Gasteiger partial charge in [0.15, 0.2) is 22.5 Å². The number of anilines is 1. The number of thioether (sulfide) groups is 1. The lowest BCUT2D eigenvalue weighted by molar-refractivity contribution is -0.113. The minimum Gasteiger partial charge on any atom is -0.483 e. The number of alkyl halides is 2. The Morgan fingerprint density at radius 1 is 1.12 bits per heavy atom. The van der Waals surface area contributed by atoms with Crippen LogP contribution in [-0.2, 0) is 16.1 Å². The maximum atomic E-state index is 13.9. The SMILES string of the molecule is COC[C@H](C)n1c(COc2ccccc2F)nnc1SCC(=O)Nc1ccccc1OC(F)F. The first kappa shape index (κ1) is 25.4. The highest BCUT2D eigenvalue weighted by atomic mass is 32.2. The molecule has 1 atom stereocenters. The summed E-state index contributed by atoms with van der Waals surface area (Å²) in [5, 5.41) is 11.2. The zero-order chi connectivity index (χ0) is 24.5. The first-order valence-corrected chi connectivity index (χ1v) is 11.1. The summed E-state index contributed by atoms with van der Waals surface area (Å²) in [6, 6.07) is 11.7. The molecule has 0 saturated heterocycles. The van der Waals surface area contributed by atoms with Crippen LogP contribution in [0.2, 0.25) is 0 Å². The zero-order valence-corrected chi connectivity index (χ0v) is 19.2. The van der Waals surface area contributed by atoms with Crippen LogP contribution in [0.3, 0.4) is 0 Å². The summed E-state index contributed by atoms with van der Waals surface area (Å²) < 4.78 is 56.0. The van der Waals surface area contributed by atoms with Crippen molar-refractivity contribution < 1.29 is 32.2 Å². The van der Waals surface area contributed by atoms with Crippen molar-refractivity contribution in [1.29, 1.82) is 0 Å². The van der Waals surface area contributed by atoms with Crippen molar-refractivity contribution in [3.8, 4) is 11.5 Å². The molecule has 12 heteroatoms. The van der Waals surface area contributed by atoms with Gasteiger partial charge in [-0.3, -0.25) is 9.36 Å². The Kier molecular flexibility index (Phi) is 9.16. The predicted molar refractivity (Wildman–Crippen MR) is 120 cm³/mol. The third kappa shape index (κ3) is 6.87. The van der Waals surface area contributed by atoms with E-state index in [1.54, 1.807) is 29.9 Å². The van der Waals surface area contributed by atoms with Crippen LogP contribution in [0.4, 0.5) is 18.9 Å². The molecule has 2 aromatic carbocycles. The van der Waals surface area contributed by atoms with E-state index in [1.165, 1.54) is 30.3 Å². The smallest absolute Gasteiger partial charge is 0.387 e. The maximum Gasteiger partial charge on any atom is 0.387 e. The van der Waals surface area contributed by atoms with Crippen molar-refractivity contribution >= 4 is 23.4 Å². The van der Waals surface area contributed by atoms with Crippen molar-refractivity contribution in [3.05, 3.63) is 60.2 Å². The van der Waals surface area contributed by atoms with Crippen LogP contribution in [0.5, 0.6) is 11.5 Å².